The van der Waals surface area contributed by atoms with Crippen LogP contribution in [0.3, 0.4) is 0 Å². The highest BCUT2D eigenvalue weighted by Gasteiger charge is 2.24. The third-order valence-electron chi connectivity index (χ3n) is 3.29. The molecule has 0 fully saturated rings. The maximum atomic E-state index is 13.4. The summed E-state index contributed by atoms with van der Waals surface area (Å²) in [6.45, 7) is 3.92. The van der Waals surface area contributed by atoms with Crippen molar-refractivity contribution in [3.8, 4) is 11.1 Å². The van der Waals surface area contributed by atoms with E-state index in [0.29, 0.717) is 0 Å². The molecule has 0 bridgehead atoms. The van der Waals surface area contributed by atoms with Crippen LogP contribution in [0.25, 0.3) is 16.7 Å². The van der Waals surface area contributed by atoms with Crippen molar-refractivity contribution in [3.63, 3.8) is 0 Å². The van der Waals surface area contributed by atoms with Crippen LogP contribution in [-0.4, -0.2) is 0 Å². The Morgan fingerprint density at radius 2 is 1.17 bits per heavy atom. The number of hydrogen-bond donors (Lipinski definition) is 0. The lowest BCUT2D eigenvalue weighted by Gasteiger charge is -2.05. The normalized spacial score (nSPS) is 12.3. The fourth-order valence-electron chi connectivity index (χ4n) is 2.60. The third kappa shape index (κ3) is 1.49. The van der Waals surface area contributed by atoms with Gasteiger partial charge in [0.15, 0.2) is 0 Å². The first-order valence-electron chi connectivity index (χ1n) is 5.85. The van der Waals surface area contributed by atoms with Crippen molar-refractivity contribution in [2.45, 2.75) is 13.8 Å². The molecule has 90 valence electrons. The lowest BCUT2D eigenvalue weighted by molar-refractivity contribution is 0.627. The van der Waals surface area contributed by atoms with Crippen LogP contribution < -0.4 is 0 Å². The molecule has 18 heavy (non-hydrogen) atoms. The van der Waals surface area contributed by atoms with Gasteiger partial charge in [0.1, 0.15) is 11.6 Å². The average molecular weight is 242 g/mol. The quantitative estimate of drug-likeness (QED) is 0.532. The van der Waals surface area contributed by atoms with Gasteiger partial charge in [-0.05, 0) is 65.9 Å². The SMILES string of the molecule is CC(C)=C1c2cc(F)ccc2-c2ccc(F)cc21. The van der Waals surface area contributed by atoms with Crippen LogP contribution in [0.4, 0.5) is 8.78 Å². The Bertz CT molecular complexity index is 624. The van der Waals surface area contributed by atoms with Gasteiger partial charge in [0.05, 0.1) is 0 Å². The standard InChI is InChI=1S/C16H12F2/c1-9(2)16-14-7-10(17)3-5-12(14)13-6-4-11(18)8-15(13)16/h3-8H,1-2H3. The van der Waals surface area contributed by atoms with Crippen molar-refractivity contribution in [1.82, 2.24) is 0 Å². The van der Waals surface area contributed by atoms with E-state index < -0.39 is 0 Å². The molecule has 0 saturated heterocycles. The van der Waals surface area contributed by atoms with Crippen LogP contribution in [0, 0.1) is 11.6 Å². The van der Waals surface area contributed by atoms with Gasteiger partial charge in [-0.2, -0.15) is 0 Å². The molecular weight excluding hydrogens is 230 g/mol. The smallest absolute Gasteiger partial charge is 0.123 e. The van der Waals surface area contributed by atoms with Crippen molar-refractivity contribution in [1.29, 1.82) is 0 Å². The van der Waals surface area contributed by atoms with Crippen molar-refractivity contribution >= 4 is 5.57 Å². The molecule has 0 heterocycles. The summed E-state index contributed by atoms with van der Waals surface area (Å²) in [6, 6.07) is 9.46. The zero-order valence-electron chi connectivity index (χ0n) is 10.2. The molecule has 0 aliphatic heterocycles. The summed E-state index contributed by atoms with van der Waals surface area (Å²) in [5.41, 5.74) is 5.67. The molecule has 0 nitrogen and oxygen atoms in total. The summed E-state index contributed by atoms with van der Waals surface area (Å²) in [5, 5.41) is 0. The third-order valence-corrected chi connectivity index (χ3v) is 3.29. The summed E-state index contributed by atoms with van der Waals surface area (Å²) in [7, 11) is 0. The van der Waals surface area contributed by atoms with Crippen molar-refractivity contribution < 1.29 is 8.78 Å². The van der Waals surface area contributed by atoms with E-state index in [2.05, 4.69) is 0 Å². The Morgan fingerprint density at radius 3 is 1.56 bits per heavy atom. The molecule has 0 radical (unpaired) electrons. The number of allylic oxidation sites excluding steroid dienone is 1. The molecule has 0 spiro atoms. The van der Waals surface area contributed by atoms with Gasteiger partial charge in [-0.15, -0.1) is 0 Å². The van der Waals surface area contributed by atoms with Gasteiger partial charge in [-0.25, -0.2) is 8.78 Å². The first-order chi connectivity index (χ1) is 8.58. The molecular formula is C16H12F2. The second-order valence-electron chi connectivity index (χ2n) is 4.75. The largest absolute Gasteiger partial charge is 0.207 e. The minimum Gasteiger partial charge on any atom is -0.207 e. The zero-order valence-corrected chi connectivity index (χ0v) is 10.2. The second kappa shape index (κ2) is 3.77. The molecule has 1 aliphatic rings. The Balaban J connectivity index is 2.41. The highest BCUT2D eigenvalue weighted by atomic mass is 19.1. The van der Waals surface area contributed by atoms with Gasteiger partial charge in [0, 0.05) is 0 Å². The summed E-state index contributed by atoms with van der Waals surface area (Å²) in [5.74, 6) is -0.526. The van der Waals surface area contributed by atoms with E-state index in [1.807, 2.05) is 13.8 Å². The van der Waals surface area contributed by atoms with Crippen LogP contribution in [0.1, 0.15) is 25.0 Å². The van der Waals surface area contributed by atoms with Gasteiger partial charge in [0.2, 0.25) is 0 Å². The maximum absolute atomic E-state index is 13.4. The molecule has 3 rings (SSSR count). The Kier molecular flexibility index (Phi) is 2.34. The van der Waals surface area contributed by atoms with Crippen molar-refractivity contribution in [2.24, 2.45) is 0 Å². The van der Waals surface area contributed by atoms with Crippen LogP contribution in [-0.2, 0) is 0 Å². The monoisotopic (exact) mass is 242 g/mol. The van der Waals surface area contributed by atoms with E-state index in [1.165, 1.54) is 24.3 Å². The van der Waals surface area contributed by atoms with Crippen LogP contribution >= 0.6 is 0 Å². The van der Waals surface area contributed by atoms with E-state index in [9.17, 15) is 8.78 Å². The second-order valence-corrected chi connectivity index (χ2v) is 4.75. The van der Waals surface area contributed by atoms with E-state index in [1.54, 1.807) is 12.1 Å². The highest BCUT2D eigenvalue weighted by Crippen LogP contribution is 2.45. The highest BCUT2D eigenvalue weighted by molar-refractivity contribution is 6.01. The Labute approximate surface area is 105 Å². The predicted octanol–water partition coefficient (Wildman–Crippen LogP) is 4.79. The van der Waals surface area contributed by atoms with E-state index in [-0.39, 0.29) is 11.6 Å². The van der Waals surface area contributed by atoms with Crippen LogP contribution in [0.2, 0.25) is 0 Å². The molecule has 2 aromatic rings. The van der Waals surface area contributed by atoms with Gasteiger partial charge >= 0.3 is 0 Å². The predicted molar refractivity (Wildman–Crippen MR) is 69.2 cm³/mol. The molecule has 1 aliphatic carbocycles. The van der Waals surface area contributed by atoms with Crippen LogP contribution in [0.5, 0.6) is 0 Å². The average Bonchev–Trinajstić information content (AvgIpc) is 2.60. The van der Waals surface area contributed by atoms with Crippen molar-refractivity contribution in [2.75, 3.05) is 0 Å². The van der Waals surface area contributed by atoms with Crippen molar-refractivity contribution in [3.05, 3.63) is 64.7 Å². The summed E-state index contributed by atoms with van der Waals surface area (Å²) < 4.78 is 26.8. The first kappa shape index (κ1) is 11.1. The fourth-order valence-corrected chi connectivity index (χ4v) is 2.60. The molecule has 0 atom stereocenters. The molecule has 0 aromatic heterocycles. The zero-order chi connectivity index (χ0) is 12.9. The lowest BCUT2D eigenvalue weighted by atomic mass is 10.00. The minimum absolute atomic E-state index is 0.263. The minimum atomic E-state index is -0.263. The first-order valence-corrected chi connectivity index (χ1v) is 5.85. The number of benzene rings is 2. The maximum Gasteiger partial charge on any atom is 0.123 e. The fraction of sp³-hybridized carbons (Fsp3) is 0.125. The molecule has 2 aromatic carbocycles. The summed E-state index contributed by atoms with van der Waals surface area (Å²) in [6.07, 6.45) is 0. The number of halogens is 2. The molecule has 0 unspecified atom stereocenters. The molecule has 2 heteroatoms. The Hall–Kier alpha value is -1.96. The molecule has 0 N–H and O–H groups in total. The molecule has 0 amide bonds. The summed E-state index contributed by atoms with van der Waals surface area (Å²) in [4.78, 5) is 0. The van der Waals surface area contributed by atoms with Gasteiger partial charge in [0.25, 0.3) is 0 Å². The number of hydrogen-bond acceptors (Lipinski definition) is 0. The summed E-state index contributed by atoms with van der Waals surface area (Å²) >= 11 is 0. The van der Waals surface area contributed by atoms with E-state index >= 15 is 0 Å². The van der Waals surface area contributed by atoms with Crippen LogP contribution in [0.15, 0.2) is 42.0 Å². The van der Waals surface area contributed by atoms with Gasteiger partial charge in [-0.3, -0.25) is 0 Å². The molecule has 0 saturated carbocycles. The number of fused-ring (bicyclic) bond motifs is 3. The van der Waals surface area contributed by atoms with E-state index in [0.717, 1.165) is 33.4 Å². The van der Waals surface area contributed by atoms with Gasteiger partial charge < -0.3 is 0 Å². The Morgan fingerprint density at radius 1 is 0.722 bits per heavy atom. The number of rotatable bonds is 0. The topological polar surface area (TPSA) is 0 Å². The van der Waals surface area contributed by atoms with Gasteiger partial charge in [-0.1, -0.05) is 17.7 Å². The van der Waals surface area contributed by atoms with E-state index in [4.69, 9.17) is 0 Å². The lowest BCUT2D eigenvalue weighted by Crippen LogP contribution is -1.86.